The molecule has 2 N–H and O–H groups in total. The maximum atomic E-state index is 11.7. The molecule has 1 aromatic heterocycles. The van der Waals surface area contributed by atoms with E-state index in [0.717, 1.165) is 28.7 Å². The summed E-state index contributed by atoms with van der Waals surface area (Å²) in [5, 5.41) is 2.86. The highest BCUT2D eigenvalue weighted by molar-refractivity contribution is 9.10. The molecule has 5 heteroatoms. The molecule has 110 valence electrons. The Morgan fingerprint density at radius 3 is 3.05 bits per heavy atom. The molecular weight excluding hydrogens is 330 g/mol. The van der Waals surface area contributed by atoms with Crippen LogP contribution in [0.25, 0.3) is 6.08 Å². The molecule has 0 aliphatic heterocycles. The van der Waals surface area contributed by atoms with Crippen LogP contribution < -0.4 is 5.32 Å². The first kappa shape index (κ1) is 15.5. The van der Waals surface area contributed by atoms with E-state index in [9.17, 15) is 4.79 Å². The van der Waals surface area contributed by atoms with Crippen LogP contribution in [0.4, 0.5) is 0 Å². The zero-order valence-corrected chi connectivity index (χ0v) is 13.5. The van der Waals surface area contributed by atoms with E-state index in [2.05, 4.69) is 31.2 Å². The average Bonchev–Trinajstić information content (AvgIpc) is 2.96. The van der Waals surface area contributed by atoms with Crippen LogP contribution in [0, 0.1) is 6.92 Å². The van der Waals surface area contributed by atoms with Gasteiger partial charge in [0.2, 0.25) is 5.91 Å². The topological polar surface area (TPSA) is 57.8 Å². The van der Waals surface area contributed by atoms with Crippen molar-refractivity contribution in [2.45, 2.75) is 19.8 Å². The van der Waals surface area contributed by atoms with Crippen LogP contribution in [-0.4, -0.2) is 22.4 Å². The predicted octanol–water partition coefficient (Wildman–Crippen LogP) is 3.24. The Kier molecular flexibility index (Phi) is 5.75. The number of hydrogen-bond donors (Lipinski definition) is 2. The predicted molar refractivity (Wildman–Crippen MR) is 87.8 cm³/mol. The molecule has 2 aromatic rings. The number of carbonyl (C=O) groups excluding carboxylic acids is 1. The summed E-state index contributed by atoms with van der Waals surface area (Å²) in [6.07, 6.45) is 8.60. The SMILES string of the molecule is Cc1ccc(/C=C/C(=O)NCCCc2ncc[nH]2)c(Br)c1. The zero-order chi connectivity index (χ0) is 15.1. The number of H-pyrrole nitrogens is 1. The van der Waals surface area contributed by atoms with Crippen molar-refractivity contribution in [2.24, 2.45) is 0 Å². The van der Waals surface area contributed by atoms with E-state index >= 15 is 0 Å². The Morgan fingerprint density at radius 1 is 1.48 bits per heavy atom. The van der Waals surface area contributed by atoms with Gasteiger partial charge in [-0.25, -0.2) is 4.98 Å². The van der Waals surface area contributed by atoms with Crippen molar-refractivity contribution in [3.63, 3.8) is 0 Å². The van der Waals surface area contributed by atoms with E-state index in [1.807, 2.05) is 31.2 Å². The van der Waals surface area contributed by atoms with E-state index in [-0.39, 0.29) is 5.91 Å². The van der Waals surface area contributed by atoms with E-state index < -0.39 is 0 Å². The maximum Gasteiger partial charge on any atom is 0.243 e. The molecular formula is C16H18BrN3O. The Labute approximate surface area is 132 Å². The van der Waals surface area contributed by atoms with E-state index in [1.165, 1.54) is 5.56 Å². The molecule has 0 bridgehead atoms. The average molecular weight is 348 g/mol. The van der Waals surface area contributed by atoms with Crippen molar-refractivity contribution in [3.05, 3.63) is 58.1 Å². The minimum atomic E-state index is -0.0816. The highest BCUT2D eigenvalue weighted by Gasteiger charge is 1.99. The fourth-order valence-electron chi connectivity index (χ4n) is 1.89. The van der Waals surface area contributed by atoms with Crippen LogP contribution in [0.2, 0.25) is 0 Å². The quantitative estimate of drug-likeness (QED) is 0.622. The first-order valence-electron chi connectivity index (χ1n) is 6.85. The number of aromatic amines is 1. The third-order valence-electron chi connectivity index (χ3n) is 3.01. The van der Waals surface area contributed by atoms with Gasteiger partial charge in [0.25, 0.3) is 0 Å². The van der Waals surface area contributed by atoms with Gasteiger partial charge in [0.05, 0.1) is 0 Å². The molecule has 21 heavy (non-hydrogen) atoms. The minimum Gasteiger partial charge on any atom is -0.353 e. The molecule has 0 aliphatic rings. The number of imidazole rings is 1. The van der Waals surface area contributed by atoms with Crippen molar-refractivity contribution < 1.29 is 4.79 Å². The highest BCUT2D eigenvalue weighted by Crippen LogP contribution is 2.19. The Morgan fingerprint density at radius 2 is 2.33 bits per heavy atom. The number of aryl methyl sites for hydroxylation is 2. The summed E-state index contributed by atoms with van der Waals surface area (Å²) in [7, 11) is 0. The smallest absolute Gasteiger partial charge is 0.243 e. The largest absolute Gasteiger partial charge is 0.353 e. The Bertz CT molecular complexity index is 620. The van der Waals surface area contributed by atoms with Gasteiger partial charge in [-0.2, -0.15) is 0 Å². The molecule has 0 atom stereocenters. The van der Waals surface area contributed by atoms with Crippen molar-refractivity contribution in [2.75, 3.05) is 6.54 Å². The second-order valence-electron chi connectivity index (χ2n) is 4.79. The van der Waals surface area contributed by atoms with E-state index in [4.69, 9.17) is 0 Å². The summed E-state index contributed by atoms with van der Waals surface area (Å²) < 4.78 is 0.990. The monoisotopic (exact) mass is 347 g/mol. The van der Waals surface area contributed by atoms with Crippen molar-refractivity contribution in [1.82, 2.24) is 15.3 Å². The highest BCUT2D eigenvalue weighted by atomic mass is 79.9. The first-order chi connectivity index (χ1) is 10.1. The van der Waals surface area contributed by atoms with Crippen molar-refractivity contribution >= 4 is 27.9 Å². The lowest BCUT2D eigenvalue weighted by Gasteiger charge is -2.02. The summed E-state index contributed by atoms with van der Waals surface area (Å²) in [5.41, 5.74) is 2.17. The number of benzene rings is 1. The molecule has 0 aliphatic carbocycles. The van der Waals surface area contributed by atoms with Crippen LogP contribution in [0.3, 0.4) is 0 Å². The second kappa shape index (κ2) is 7.78. The van der Waals surface area contributed by atoms with Gasteiger partial charge in [-0.1, -0.05) is 28.1 Å². The van der Waals surface area contributed by atoms with Gasteiger partial charge >= 0.3 is 0 Å². The number of aromatic nitrogens is 2. The fraction of sp³-hybridized carbons (Fsp3) is 0.250. The van der Waals surface area contributed by atoms with E-state index in [0.29, 0.717) is 6.54 Å². The van der Waals surface area contributed by atoms with Crippen molar-refractivity contribution in [3.8, 4) is 0 Å². The fourth-order valence-corrected chi connectivity index (χ4v) is 2.52. The van der Waals surface area contributed by atoms with E-state index in [1.54, 1.807) is 18.5 Å². The van der Waals surface area contributed by atoms with Crippen LogP contribution in [-0.2, 0) is 11.2 Å². The van der Waals surface area contributed by atoms with Crippen molar-refractivity contribution in [1.29, 1.82) is 0 Å². The van der Waals surface area contributed by atoms with Gasteiger partial charge in [0, 0.05) is 35.9 Å². The van der Waals surface area contributed by atoms with Crippen LogP contribution in [0.15, 0.2) is 41.1 Å². The number of amides is 1. The number of rotatable bonds is 6. The Hall–Kier alpha value is -1.88. The van der Waals surface area contributed by atoms with Crippen LogP contribution in [0.1, 0.15) is 23.4 Å². The zero-order valence-electron chi connectivity index (χ0n) is 11.9. The molecule has 0 fully saturated rings. The standard InChI is InChI=1S/C16H18BrN3O/c1-12-4-5-13(14(17)11-12)6-7-16(21)20-8-2-3-15-18-9-10-19-15/h4-7,9-11H,2-3,8H2,1H3,(H,18,19)(H,20,21)/b7-6+. The lowest BCUT2D eigenvalue weighted by Crippen LogP contribution is -2.22. The molecule has 0 radical (unpaired) electrons. The lowest BCUT2D eigenvalue weighted by molar-refractivity contribution is -0.116. The third-order valence-corrected chi connectivity index (χ3v) is 3.70. The summed E-state index contributed by atoms with van der Waals surface area (Å²) in [4.78, 5) is 18.9. The van der Waals surface area contributed by atoms with Gasteiger partial charge < -0.3 is 10.3 Å². The second-order valence-corrected chi connectivity index (χ2v) is 5.64. The molecule has 0 spiro atoms. The number of nitrogens with one attached hydrogen (secondary N) is 2. The van der Waals surface area contributed by atoms with Crippen LogP contribution in [0.5, 0.6) is 0 Å². The summed E-state index contributed by atoms with van der Waals surface area (Å²) in [5.74, 6) is 0.866. The molecule has 1 heterocycles. The first-order valence-corrected chi connectivity index (χ1v) is 7.65. The molecule has 0 saturated carbocycles. The van der Waals surface area contributed by atoms with Crippen LogP contribution >= 0.6 is 15.9 Å². The molecule has 1 amide bonds. The maximum absolute atomic E-state index is 11.7. The van der Waals surface area contributed by atoms with Gasteiger partial charge in [0.1, 0.15) is 5.82 Å². The third kappa shape index (κ3) is 5.19. The molecule has 1 aromatic carbocycles. The summed E-state index contributed by atoms with van der Waals surface area (Å²) >= 11 is 3.49. The van der Waals surface area contributed by atoms with Gasteiger partial charge in [-0.3, -0.25) is 4.79 Å². The normalized spacial score (nSPS) is 11.0. The number of halogens is 1. The number of carbonyl (C=O) groups is 1. The molecule has 0 saturated heterocycles. The Balaban J connectivity index is 1.74. The van der Waals surface area contributed by atoms with Gasteiger partial charge in [-0.15, -0.1) is 0 Å². The van der Waals surface area contributed by atoms with Gasteiger partial charge in [0.15, 0.2) is 0 Å². The molecule has 4 nitrogen and oxygen atoms in total. The summed E-state index contributed by atoms with van der Waals surface area (Å²) in [6.45, 7) is 2.67. The molecule has 2 rings (SSSR count). The lowest BCUT2D eigenvalue weighted by atomic mass is 10.1. The summed E-state index contributed by atoms with van der Waals surface area (Å²) in [6, 6.07) is 6.03. The number of nitrogens with zero attached hydrogens (tertiary/aromatic N) is 1. The minimum absolute atomic E-state index is 0.0816. The molecule has 0 unspecified atom stereocenters. The number of hydrogen-bond acceptors (Lipinski definition) is 2. The van der Waals surface area contributed by atoms with Gasteiger partial charge in [-0.05, 0) is 36.6 Å².